The number of aliphatic carboxylic acids is 1. The van der Waals surface area contributed by atoms with Crippen LogP contribution in [0.3, 0.4) is 0 Å². The Balaban J connectivity index is 2.84. The van der Waals surface area contributed by atoms with Crippen molar-refractivity contribution in [3.63, 3.8) is 0 Å². The van der Waals surface area contributed by atoms with E-state index in [0.29, 0.717) is 12.5 Å². The van der Waals surface area contributed by atoms with Crippen molar-refractivity contribution in [2.24, 2.45) is 5.92 Å². The number of hydrogen-bond donors (Lipinski definition) is 1. The van der Waals surface area contributed by atoms with Crippen LogP contribution in [0.5, 0.6) is 0 Å². The Kier molecular flexibility index (Phi) is 5.35. The first-order valence-corrected chi connectivity index (χ1v) is 6.39. The highest BCUT2D eigenvalue weighted by Crippen LogP contribution is 2.16. The molecule has 1 N–H and O–H groups in total. The predicted octanol–water partition coefficient (Wildman–Crippen LogP) is 2.85. The van der Waals surface area contributed by atoms with E-state index in [2.05, 4.69) is 39.8 Å². The molecule has 0 spiro atoms. The highest BCUT2D eigenvalue weighted by molar-refractivity contribution is 5.69. The summed E-state index contributed by atoms with van der Waals surface area (Å²) in [7, 11) is 0. The second-order valence-electron chi connectivity index (χ2n) is 5.33. The SMILES string of the molecule is Cc1cccc(C)c1CN(CC(=O)O)CC(C)C. The minimum absolute atomic E-state index is 0.103. The maximum Gasteiger partial charge on any atom is 0.317 e. The van der Waals surface area contributed by atoms with Gasteiger partial charge in [0.15, 0.2) is 0 Å². The topological polar surface area (TPSA) is 40.5 Å². The fourth-order valence-electron chi connectivity index (χ4n) is 2.21. The normalized spacial score (nSPS) is 11.2. The quantitative estimate of drug-likeness (QED) is 0.842. The molecule has 0 aliphatic carbocycles. The van der Waals surface area contributed by atoms with Gasteiger partial charge < -0.3 is 5.11 Å². The molecule has 3 nitrogen and oxygen atoms in total. The van der Waals surface area contributed by atoms with Crippen molar-refractivity contribution in [1.29, 1.82) is 0 Å². The third-order valence-electron chi connectivity index (χ3n) is 3.01. The molecule has 0 aliphatic heterocycles. The Morgan fingerprint density at radius 3 is 2.28 bits per heavy atom. The molecule has 0 amide bonds. The lowest BCUT2D eigenvalue weighted by Gasteiger charge is -2.24. The lowest BCUT2D eigenvalue weighted by Crippen LogP contribution is -2.33. The molecule has 1 rings (SSSR count). The van der Waals surface area contributed by atoms with E-state index >= 15 is 0 Å². The standard InChI is InChI=1S/C15H23NO2/c1-11(2)8-16(10-15(17)18)9-14-12(3)6-5-7-13(14)4/h5-7,11H,8-10H2,1-4H3,(H,17,18). The van der Waals surface area contributed by atoms with Gasteiger partial charge in [0.1, 0.15) is 0 Å². The van der Waals surface area contributed by atoms with Crippen molar-refractivity contribution in [3.8, 4) is 0 Å². The summed E-state index contributed by atoms with van der Waals surface area (Å²) < 4.78 is 0. The van der Waals surface area contributed by atoms with Gasteiger partial charge in [0.05, 0.1) is 6.54 Å². The van der Waals surface area contributed by atoms with E-state index in [1.807, 2.05) is 11.0 Å². The summed E-state index contributed by atoms with van der Waals surface area (Å²) in [6.45, 7) is 10.0. The number of rotatable bonds is 6. The van der Waals surface area contributed by atoms with E-state index in [-0.39, 0.29) is 6.54 Å². The zero-order valence-electron chi connectivity index (χ0n) is 11.7. The monoisotopic (exact) mass is 249 g/mol. The minimum Gasteiger partial charge on any atom is -0.480 e. The number of carboxylic acid groups (broad SMARTS) is 1. The van der Waals surface area contributed by atoms with Gasteiger partial charge in [0.2, 0.25) is 0 Å². The van der Waals surface area contributed by atoms with Crippen LogP contribution in [-0.2, 0) is 11.3 Å². The van der Waals surface area contributed by atoms with Crippen LogP contribution in [-0.4, -0.2) is 29.1 Å². The molecule has 18 heavy (non-hydrogen) atoms. The van der Waals surface area contributed by atoms with E-state index in [1.165, 1.54) is 16.7 Å². The molecule has 0 saturated heterocycles. The molecule has 3 heteroatoms. The molecule has 0 atom stereocenters. The summed E-state index contributed by atoms with van der Waals surface area (Å²) in [5, 5.41) is 8.97. The van der Waals surface area contributed by atoms with E-state index in [0.717, 1.165) is 6.54 Å². The lowest BCUT2D eigenvalue weighted by molar-refractivity contribution is -0.138. The van der Waals surface area contributed by atoms with E-state index in [9.17, 15) is 4.79 Å². The highest BCUT2D eigenvalue weighted by atomic mass is 16.4. The average Bonchev–Trinajstić information content (AvgIpc) is 2.21. The second kappa shape index (κ2) is 6.55. The molecule has 0 fully saturated rings. The third kappa shape index (κ3) is 4.49. The van der Waals surface area contributed by atoms with Gasteiger partial charge in [-0.05, 0) is 36.5 Å². The second-order valence-corrected chi connectivity index (χ2v) is 5.33. The van der Waals surface area contributed by atoms with Crippen LogP contribution in [0.1, 0.15) is 30.5 Å². The van der Waals surface area contributed by atoms with Crippen LogP contribution in [0, 0.1) is 19.8 Å². The molecular formula is C15H23NO2. The summed E-state index contributed by atoms with van der Waals surface area (Å²) in [6.07, 6.45) is 0. The fourth-order valence-corrected chi connectivity index (χ4v) is 2.21. The first-order valence-electron chi connectivity index (χ1n) is 6.39. The van der Waals surface area contributed by atoms with Crippen LogP contribution in [0.2, 0.25) is 0 Å². The number of nitrogens with zero attached hydrogens (tertiary/aromatic N) is 1. The number of carbonyl (C=O) groups is 1. The van der Waals surface area contributed by atoms with Crippen molar-refractivity contribution in [2.45, 2.75) is 34.2 Å². The first-order chi connectivity index (χ1) is 8.40. The predicted molar refractivity (Wildman–Crippen MR) is 73.7 cm³/mol. The molecule has 0 aromatic heterocycles. The molecule has 0 aliphatic rings. The van der Waals surface area contributed by atoms with Crippen LogP contribution in [0.25, 0.3) is 0 Å². The van der Waals surface area contributed by atoms with Gasteiger partial charge in [-0.3, -0.25) is 9.69 Å². The van der Waals surface area contributed by atoms with Crippen molar-refractivity contribution in [1.82, 2.24) is 4.90 Å². The number of carboxylic acids is 1. The Labute approximate surface area is 109 Å². The highest BCUT2D eigenvalue weighted by Gasteiger charge is 2.14. The van der Waals surface area contributed by atoms with Gasteiger partial charge in [-0.25, -0.2) is 0 Å². The summed E-state index contributed by atoms with van der Waals surface area (Å²) in [5.74, 6) is -0.296. The molecule has 0 radical (unpaired) electrons. The number of aryl methyl sites for hydroxylation is 2. The zero-order valence-corrected chi connectivity index (χ0v) is 11.7. The molecule has 0 bridgehead atoms. The van der Waals surface area contributed by atoms with Gasteiger partial charge in [-0.1, -0.05) is 32.0 Å². The average molecular weight is 249 g/mol. The van der Waals surface area contributed by atoms with E-state index in [1.54, 1.807) is 0 Å². The summed E-state index contributed by atoms with van der Waals surface area (Å²) in [5.41, 5.74) is 3.71. The van der Waals surface area contributed by atoms with Gasteiger partial charge in [-0.2, -0.15) is 0 Å². The maximum atomic E-state index is 10.9. The van der Waals surface area contributed by atoms with Crippen molar-refractivity contribution in [2.75, 3.05) is 13.1 Å². The zero-order chi connectivity index (χ0) is 13.7. The van der Waals surface area contributed by atoms with Gasteiger partial charge in [0.25, 0.3) is 0 Å². The Hall–Kier alpha value is -1.35. The fraction of sp³-hybridized carbons (Fsp3) is 0.533. The van der Waals surface area contributed by atoms with Crippen LogP contribution >= 0.6 is 0 Å². The largest absolute Gasteiger partial charge is 0.480 e. The molecule has 0 unspecified atom stereocenters. The Morgan fingerprint density at radius 1 is 1.28 bits per heavy atom. The lowest BCUT2D eigenvalue weighted by atomic mass is 10.0. The Morgan fingerprint density at radius 2 is 1.83 bits per heavy atom. The smallest absolute Gasteiger partial charge is 0.317 e. The molecular weight excluding hydrogens is 226 g/mol. The van der Waals surface area contributed by atoms with Gasteiger partial charge in [0, 0.05) is 13.1 Å². The van der Waals surface area contributed by atoms with Gasteiger partial charge in [-0.15, -0.1) is 0 Å². The number of hydrogen-bond acceptors (Lipinski definition) is 2. The minimum atomic E-state index is -0.762. The molecule has 0 heterocycles. The summed E-state index contributed by atoms with van der Waals surface area (Å²) in [6, 6.07) is 6.20. The molecule has 1 aromatic carbocycles. The Bertz CT molecular complexity index is 393. The van der Waals surface area contributed by atoms with E-state index in [4.69, 9.17) is 5.11 Å². The molecule has 100 valence electrons. The molecule has 1 aromatic rings. The maximum absolute atomic E-state index is 10.9. The number of benzene rings is 1. The molecule has 0 saturated carbocycles. The van der Waals surface area contributed by atoms with Crippen molar-refractivity contribution in [3.05, 3.63) is 34.9 Å². The van der Waals surface area contributed by atoms with Crippen LogP contribution in [0.4, 0.5) is 0 Å². The van der Waals surface area contributed by atoms with Crippen molar-refractivity contribution >= 4 is 5.97 Å². The summed E-state index contributed by atoms with van der Waals surface area (Å²) >= 11 is 0. The van der Waals surface area contributed by atoms with Crippen LogP contribution < -0.4 is 0 Å². The summed E-state index contributed by atoms with van der Waals surface area (Å²) in [4.78, 5) is 12.9. The van der Waals surface area contributed by atoms with Crippen LogP contribution in [0.15, 0.2) is 18.2 Å². The third-order valence-corrected chi connectivity index (χ3v) is 3.01. The van der Waals surface area contributed by atoms with Gasteiger partial charge >= 0.3 is 5.97 Å². The van der Waals surface area contributed by atoms with Crippen molar-refractivity contribution < 1.29 is 9.90 Å². The van der Waals surface area contributed by atoms with E-state index < -0.39 is 5.97 Å². The first kappa shape index (κ1) is 14.7.